The van der Waals surface area contributed by atoms with Crippen molar-refractivity contribution in [3.63, 3.8) is 0 Å². The quantitative estimate of drug-likeness (QED) is 0.191. The molecule has 0 bridgehead atoms. The number of rotatable bonds is 4. The van der Waals surface area contributed by atoms with Crippen LogP contribution < -0.4 is 0 Å². The summed E-state index contributed by atoms with van der Waals surface area (Å²) in [7, 11) is 0. The van der Waals surface area contributed by atoms with E-state index in [1.165, 1.54) is 54.9 Å². The molecule has 0 spiro atoms. The van der Waals surface area contributed by atoms with Crippen LogP contribution >= 0.6 is 0 Å². The summed E-state index contributed by atoms with van der Waals surface area (Å²) in [5, 5.41) is 7.08. The topological polar surface area (TPSA) is 13.1 Å². The van der Waals surface area contributed by atoms with Gasteiger partial charge in [0.25, 0.3) is 0 Å². The van der Waals surface area contributed by atoms with Crippen LogP contribution in [0.25, 0.3) is 88.0 Å². The van der Waals surface area contributed by atoms with Crippen LogP contribution in [-0.4, -0.2) is 0 Å². The number of hydrogen-bond donors (Lipinski definition) is 0. The summed E-state index contributed by atoms with van der Waals surface area (Å²) in [5.41, 5.74) is 11.2. The summed E-state index contributed by atoms with van der Waals surface area (Å²) >= 11 is 0. The van der Waals surface area contributed by atoms with Crippen molar-refractivity contribution in [3.8, 4) is 44.5 Å². The number of fused-ring (bicyclic) bond motifs is 5. The second-order valence-corrected chi connectivity index (χ2v) is 11.5. The molecule has 210 valence electrons. The van der Waals surface area contributed by atoms with E-state index < -0.39 is 0 Å². The zero-order valence-electron chi connectivity index (χ0n) is 25.5. The Hall–Kier alpha value is -5.92. The van der Waals surface area contributed by atoms with Gasteiger partial charge in [-0.05, 0) is 78.7 Å². The lowest BCUT2D eigenvalue weighted by atomic mass is 9.82. The first-order valence-electron chi connectivity index (χ1n) is 15.9. The molecule has 45 heavy (non-hydrogen) atoms. The van der Waals surface area contributed by atoms with Gasteiger partial charge in [-0.1, -0.05) is 152 Å². The molecule has 0 radical (unpaired) electrons. The van der Waals surface area contributed by atoms with E-state index in [-0.39, 0.29) is 0 Å². The minimum absolute atomic E-state index is 0.516. The summed E-state index contributed by atoms with van der Waals surface area (Å²) in [6, 6.07) is 58.2. The summed E-state index contributed by atoms with van der Waals surface area (Å²) < 4.78 is 14.4. The van der Waals surface area contributed by atoms with Gasteiger partial charge in [0.2, 0.25) is 0 Å². The third-order valence-corrected chi connectivity index (χ3v) is 9.01. The van der Waals surface area contributed by atoms with Crippen molar-refractivity contribution in [1.82, 2.24) is 0 Å². The maximum atomic E-state index is 7.95. The van der Waals surface area contributed by atoms with Gasteiger partial charge >= 0.3 is 0 Å². The maximum absolute atomic E-state index is 7.95. The maximum Gasteiger partial charge on any atom is 0.136 e. The fourth-order valence-electron chi connectivity index (χ4n) is 7.08. The molecule has 0 saturated heterocycles. The molecule has 0 fully saturated rings. The molecule has 0 aliphatic heterocycles. The van der Waals surface area contributed by atoms with Gasteiger partial charge in [-0.15, -0.1) is 0 Å². The molecule has 0 saturated carbocycles. The van der Waals surface area contributed by atoms with Crippen LogP contribution in [0, 0.1) is 0 Å². The molecule has 1 aromatic heterocycles. The van der Waals surface area contributed by atoms with Crippen LogP contribution in [0.2, 0.25) is 0 Å². The normalized spacial score (nSPS) is 11.9. The van der Waals surface area contributed by atoms with Gasteiger partial charge in [0.05, 0.1) is 1.37 Å². The fourth-order valence-corrected chi connectivity index (χ4v) is 7.08. The Labute approximate surface area is 263 Å². The monoisotopic (exact) mass is 573 g/mol. The Morgan fingerprint density at radius 3 is 1.62 bits per heavy atom. The van der Waals surface area contributed by atoms with Crippen molar-refractivity contribution in [2.24, 2.45) is 0 Å². The average molecular weight is 574 g/mol. The van der Waals surface area contributed by atoms with E-state index in [2.05, 4.69) is 133 Å². The van der Waals surface area contributed by atoms with Crippen molar-refractivity contribution in [1.29, 1.82) is 0 Å². The standard InChI is InChI=1S/C44H28O/c1-3-14-29(15-4-1)31-18-13-19-32(28-31)41-34-20-7-9-22-36(34)42(37-23-10-8-21-35(37)41)44-33(30-16-5-2-6-17-30)26-27-40-43(44)38-24-11-12-25-39(38)45-40/h1-28H/i1D. The van der Waals surface area contributed by atoms with E-state index in [4.69, 9.17) is 5.79 Å². The van der Waals surface area contributed by atoms with Crippen molar-refractivity contribution >= 4 is 43.5 Å². The van der Waals surface area contributed by atoms with Crippen LogP contribution in [-0.2, 0) is 0 Å². The molecule has 9 rings (SSSR count). The van der Waals surface area contributed by atoms with Gasteiger partial charge in [-0.25, -0.2) is 0 Å². The van der Waals surface area contributed by atoms with Crippen molar-refractivity contribution in [3.05, 3.63) is 170 Å². The van der Waals surface area contributed by atoms with E-state index in [0.717, 1.165) is 33.1 Å². The molecule has 8 aromatic carbocycles. The lowest BCUT2D eigenvalue weighted by Crippen LogP contribution is -1.94. The third kappa shape index (κ3) is 4.09. The molecular weight excluding hydrogens is 544 g/mol. The molecule has 0 N–H and O–H groups in total. The molecule has 0 atom stereocenters. The van der Waals surface area contributed by atoms with Gasteiger partial charge in [0.15, 0.2) is 0 Å². The van der Waals surface area contributed by atoms with Gasteiger partial charge in [-0.3, -0.25) is 0 Å². The first kappa shape index (κ1) is 24.5. The lowest BCUT2D eigenvalue weighted by molar-refractivity contribution is 0.669. The number of para-hydroxylation sites is 1. The molecule has 0 aliphatic rings. The zero-order chi connectivity index (χ0) is 30.6. The average Bonchev–Trinajstić information content (AvgIpc) is 3.50. The summed E-state index contributed by atoms with van der Waals surface area (Å²) in [4.78, 5) is 0. The summed E-state index contributed by atoms with van der Waals surface area (Å²) in [6.45, 7) is 0. The molecule has 1 heterocycles. The Bertz CT molecular complexity index is 2520. The highest BCUT2D eigenvalue weighted by Crippen LogP contribution is 2.50. The van der Waals surface area contributed by atoms with E-state index in [1.807, 2.05) is 30.3 Å². The van der Waals surface area contributed by atoms with Gasteiger partial charge in [0.1, 0.15) is 11.2 Å². The SMILES string of the molecule is [2H]c1ccc(-c2cccc(-c3c4ccccc4c(-c4c(-c5ccccc5)ccc5oc6ccccc6c45)c4ccccc34)c2)cc1. The van der Waals surface area contributed by atoms with E-state index >= 15 is 0 Å². The molecule has 9 aromatic rings. The second-order valence-electron chi connectivity index (χ2n) is 11.5. The van der Waals surface area contributed by atoms with Gasteiger partial charge in [0, 0.05) is 16.3 Å². The highest BCUT2D eigenvalue weighted by atomic mass is 16.3. The second kappa shape index (κ2) is 10.4. The Morgan fingerprint density at radius 2 is 0.911 bits per heavy atom. The van der Waals surface area contributed by atoms with Gasteiger partial charge in [-0.2, -0.15) is 0 Å². The molecular formula is C44H28O. The summed E-state index contributed by atoms with van der Waals surface area (Å²) in [5.74, 6) is 0. The minimum atomic E-state index is 0.516. The minimum Gasteiger partial charge on any atom is -0.456 e. The lowest BCUT2D eigenvalue weighted by Gasteiger charge is -2.20. The third-order valence-electron chi connectivity index (χ3n) is 9.01. The van der Waals surface area contributed by atoms with E-state index in [1.54, 1.807) is 0 Å². The first-order chi connectivity index (χ1) is 22.7. The Balaban J connectivity index is 1.43. The van der Waals surface area contributed by atoms with Crippen LogP contribution in [0.3, 0.4) is 0 Å². The van der Waals surface area contributed by atoms with Crippen LogP contribution in [0.1, 0.15) is 1.37 Å². The highest BCUT2D eigenvalue weighted by Gasteiger charge is 2.23. The predicted molar refractivity (Wildman–Crippen MR) is 190 cm³/mol. The van der Waals surface area contributed by atoms with Crippen LogP contribution in [0.4, 0.5) is 0 Å². The van der Waals surface area contributed by atoms with E-state index in [0.29, 0.717) is 6.04 Å². The predicted octanol–water partition coefficient (Wildman–Crippen LogP) is 12.6. The number of benzene rings is 8. The molecule has 0 unspecified atom stereocenters. The van der Waals surface area contributed by atoms with Crippen molar-refractivity contribution in [2.45, 2.75) is 0 Å². The van der Waals surface area contributed by atoms with Crippen LogP contribution in [0.5, 0.6) is 0 Å². The number of furan rings is 1. The smallest absolute Gasteiger partial charge is 0.136 e. The largest absolute Gasteiger partial charge is 0.456 e. The highest BCUT2D eigenvalue weighted by molar-refractivity contribution is 6.27. The van der Waals surface area contributed by atoms with Crippen molar-refractivity contribution < 1.29 is 5.79 Å². The molecule has 1 heteroatoms. The fraction of sp³-hybridized carbons (Fsp3) is 0. The van der Waals surface area contributed by atoms with Gasteiger partial charge < -0.3 is 4.42 Å². The molecule has 1 nitrogen and oxygen atoms in total. The summed E-state index contributed by atoms with van der Waals surface area (Å²) in [6.07, 6.45) is 0. The Kier molecular flexibility index (Phi) is 5.65. The Morgan fingerprint density at radius 1 is 0.356 bits per heavy atom. The molecule has 0 amide bonds. The van der Waals surface area contributed by atoms with E-state index in [9.17, 15) is 0 Å². The van der Waals surface area contributed by atoms with Crippen LogP contribution in [0.15, 0.2) is 174 Å². The zero-order valence-corrected chi connectivity index (χ0v) is 24.5. The number of hydrogen-bond acceptors (Lipinski definition) is 1. The first-order valence-corrected chi connectivity index (χ1v) is 15.4. The molecule has 0 aliphatic carbocycles. The van der Waals surface area contributed by atoms with Crippen molar-refractivity contribution in [2.75, 3.05) is 0 Å².